The summed E-state index contributed by atoms with van der Waals surface area (Å²) >= 11 is 6.62. The predicted molar refractivity (Wildman–Crippen MR) is 166 cm³/mol. The molecule has 0 spiro atoms. The Morgan fingerprint density at radius 1 is 1.02 bits per heavy atom. The van der Waals surface area contributed by atoms with Gasteiger partial charge in [0.05, 0.1) is 19.7 Å². The monoisotopic (exact) mass is 597 g/mol. The van der Waals surface area contributed by atoms with Gasteiger partial charge in [0.1, 0.15) is 5.15 Å². The van der Waals surface area contributed by atoms with E-state index in [1.54, 1.807) is 14.2 Å². The topological polar surface area (TPSA) is 93.6 Å². The van der Waals surface area contributed by atoms with E-state index >= 15 is 0 Å². The molecule has 0 bridgehead atoms. The van der Waals surface area contributed by atoms with Gasteiger partial charge < -0.3 is 19.9 Å². The quantitative estimate of drug-likeness (QED) is 0.296. The molecule has 230 valence electrons. The molecule has 1 aromatic heterocycles. The molecule has 0 amide bonds. The number of nitrogens with zero attached hydrogens (tertiary/aromatic N) is 2. The zero-order chi connectivity index (χ0) is 29.8. The maximum atomic E-state index is 11.3. The average molecular weight is 598 g/mol. The van der Waals surface area contributed by atoms with Gasteiger partial charge >= 0.3 is 5.97 Å². The van der Waals surface area contributed by atoms with Crippen LogP contribution in [0.3, 0.4) is 0 Å². The van der Waals surface area contributed by atoms with Crippen molar-refractivity contribution >= 4 is 34.4 Å². The number of carboxylic acids is 1. The molecule has 6 rings (SSSR count). The Hall–Kier alpha value is -2.28. The number of halogens is 1. The van der Waals surface area contributed by atoms with E-state index < -0.39 is 5.97 Å². The second-order valence-electron chi connectivity index (χ2n) is 14.5. The van der Waals surface area contributed by atoms with Crippen LogP contribution in [0.5, 0.6) is 11.5 Å². The SMILES string of the molecule is COc1cc2nc(NC3CC[C@@]4(C)[C@H](CC[C@@H]5[C@@H]4CC[C@]4(C)C([C@H](C)CCC(=O)O)CC[C@@H]54)C3)nc(Cl)c2cc1OC. The number of nitrogens with one attached hydrogen (secondary N) is 1. The van der Waals surface area contributed by atoms with Crippen LogP contribution in [-0.4, -0.2) is 41.3 Å². The zero-order valence-corrected chi connectivity index (χ0v) is 26.7. The molecule has 4 aliphatic rings. The van der Waals surface area contributed by atoms with Crippen LogP contribution in [0.1, 0.15) is 91.4 Å². The van der Waals surface area contributed by atoms with Crippen LogP contribution in [0.4, 0.5) is 5.95 Å². The highest BCUT2D eigenvalue weighted by atomic mass is 35.5. The van der Waals surface area contributed by atoms with Gasteiger partial charge in [-0.15, -0.1) is 0 Å². The van der Waals surface area contributed by atoms with Crippen LogP contribution in [0.15, 0.2) is 12.1 Å². The van der Waals surface area contributed by atoms with Gasteiger partial charge in [0.25, 0.3) is 0 Å². The van der Waals surface area contributed by atoms with Gasteiger partial charge in [0.2, 0.25) is 5.95 Å². The van der Waals surface area contributed by atoms with Crippen molar-refractivity contribution in [2.45, 2.75) is 97.4 Å². The highest BCUT2D eigenvalue weighted by Crippen LogP contribution is 2.68. The van der Waals surface area contributed by atoms with E-state index in [2.05, 4.69) is 31.1 Å². The van der Waals surface area contributed by atoms with Gasteiger partial charge in [0, 0.05) is 23.9 Å². The van der Waals surface area contributed by atoms with Crippen LogP contribution in [0.25, 0.3) is 10.9 Å². The molecule has 9 atom stereocenters. The number of rotatable bonds is 8. The molecule has 1 aromatic carbocycles. The summed E-state index contributed by atoms with van der Waals surface area (Å²) in [5.41, 5.74) is 1.51. The zero-order valence-electron chi connectivity index (χ0n) is 25.9. The number of aliphatic carboxylic acids is 1. The van der Waals surface area contributed by atoms with Gasteiger partial charge in [-0.1, -0.05) is 32.4 Å². The second-order valence-corrected chi connectivity index (χ2v) is 14.8. The standard InChI is InChI=1S/C34H48ClN3O4/c1-19(6-11-30(39)40)24-9-10-25-22-8-7-20-16-21(12-14-33(20,2)26(22)13-15-34(24,25)3)36-32-37-27-18-29(42-5)28(41-4)17-23(27)31(35)38-32/h17-22,24-26H,6-16H2,1-5H3,(H,39,40)(H,36,37,38)/t19-,20-,21?,22+,24?,25+,26+,33+,34-/m1/s1. The van der Waals surface area contributed by atoms with Gasteiger partial charge in [-0.2, -0.15) is 0 Å². The van der Waals surface area contributed by atoms with E-state index in [1.165, 1.54) is 44.9 Å². The van der Waals surface area contributed by atoms with Crippen molar-refractivity contribution in [3.05, 3.63) is 17.3 Å². The third-order valence-corrected chi connectivity index (χ3v) is 13.0. The summed E-state index contributed by atoms with van der Waals surface area (Å²) in [5, 5.41) is 14.1. The summed E-state index contributed by atoms with van der Waals surface area (Å²) in [6.45, 7) is 7.50. The van der Waals surface area contributed by atoms with Crippen molar-refractivity contribution in [3.63, 3.8) is 0 Å². The highest BCUT2D eigenvalue weighted by molar-refractivity contribution is 6.34. The van der Waals surface area contributed by atoms with Gasteiger partial charge in [-0.05, 0) is 117 Å². The molecule has 0 saturated heterocycles. The number of carbonyl (C=O) groups is 1. The molecule has 1 heterocycles. The van der Waals surface area contributed by atoms with E-state index in [4.69, 9.17) is 26.1 Å². The Labute approximate surface area is 255 Å². The molecule has 7 nitrogen and oxygen atoms in total. The Morgan fingerprint density at radius 2 is 1.74 bits per heavy atom. The number of anilines is 1. The first-order valence-electron chi connectivity index (χ1n) is 16.1. The van der Waals surface area contributed by atoms with Gasteiger partial charge in [0.15, 0.2) is 11.5 Å². The maximum absolute atomic E-state index is 11.3. The molecule has 4 aliphatic carbocycles. The van der Waals surface area contributed by atoms with Crippen LogP contribution < -0.4 is 14.8 Å². The number of hydrogen-bond donors (Lipinski definition) is 2. The third-order valence-electron chi connectivity index (χ3n) is 12.7. The summed E-state index contributed by atoms with van der Waals surface area (Å²) < 4.78 is 10.9. The third kappa shape index (κ3) is 5.01. The molecule has 42 heavy (non-hydrogen) atoms. The largest absolute Gasteiger partial charge is 0.493 e. The lowest BCUT2D eigenvalue weighted by atomic mass is 9.44. The normalized spacial score (nSPS) is 36.4. The summed E-state index contributed by atoms with van der Waals surface area (Å²) in [4.78, 5) is 20.7. The lowest BCUT2D eigenvalue weighted by Crippen LogP contribution is -2.54. The fourth-order valence-electron chi connectivity index (χ4n) is 10.6. The number of ether oxygens (including phenoxy) is 2. The van der Waals surface area contributed by atoms with E-state index in [9.17, 15) is 9.90 Å². The van der Waals surface area contributed by atoms with E-state index in [0.717, 1.165) is 47.9 Å². The molecule has 4 fully saturated rings. The first-order valence-corrected chi connectivity index (χ1v) is 16.5. The Balaban J connectivity index is 1.14. The lowest BCUT2D eigenvalue weighted by molar-refractivity contribution is -0.137. The van der Waals surface area contributed by atoms with Crippen molar-refractivity contribution in [1.29, 1.82) is 0 Å². The minimum Gasteiger partial charge on any atom is -0.493 e. The number of hydrogen-bond acceptors (Lipinski definition) is 6. The number of fused-ring (bicyclic) bond motifs is 6. The van der Waals surface area contributed by atoms with E-state index in [0.29, 0.717) is 63.6 Å². The Kier molecular flexibility index (Phi) is 8.04. The van der Waals surface area contributed by atoms with Crippen LogP contribution in [0.2, 0.25) is 5.15 Å². The minimum absolute atomic E-state index is 0.304. The minimum atomic E-state index is -0.655. The van der Waals surface area contributed by atoms with Crippen molar-refractivity contribution in [1.82, 2.24) is 9.97 Å². The predicted octanol–water partition coefficient (Wildman–Crippen LogP) is 8.24. The van der Waals surface area contributed by atoms with Gasteiger partial charge in [-0.3, -0.25) is 4.79 Å². The van der Waals surface area contributed by atoms with Crippen LogP contribution in [0, 0.1) is 46.3 Å². The summed E-state index contributed by atoms with van der Waals surface area (Å²) in [7, 11) is 3.24. The van der Waals surface area contributed by atoms with Crippen LogP contribution >= 0.6 is 11.6 Å². The van der Waals surface area contributed by atoms with Crippen LogP contribution in [-0.2, 0) is 4.79 Å². The molecular weight excluding hydrogens is 550 g/mol. The molecular formula is C34H48ClN3O4. The average Bonchev–Trinajstić information content (AvgIpc) is 3.32. The number of benzene rings is 1. The van der Waals surface area contributed by atoms with Gasteiger partial charge in [-0.25, -0.2) is 9.97 Å². The maximum Gasteiger partial charge on any atom is 0.303 e. The first kappa shape index (κ1) is 29.8. The molecule has 8 heteroatoms. The Morgan fingerprint density at radius 3 is 2.48 bits per heavy atom. The smallest absolute Gasteiger partial charge is 0.303 e. The number of carboxylic acid groups (broad SMARTS) is 1. The second kappa shape index (κ2) is 11.3. The van der Waals surface area contributed by atoms with Crippen molar-refractivity contribution in [2.24, 2.45) is 46.3 Å². The van der Waals surface area contributed by atoms with Crippen molar-refractivity contribution in [3.8, 4) is 11.5 Å². The molecule has 0 aliphatic heterocycles. The fraction of sp³-hybridized carbons (Fsp3) is 0.735. The molecule has 2 unspecified atom stereocenters. The highest BCUT2D eigenvalue weighted by Gasteiger charge is 2.60. The number of aromatic nitrogens is 2. The summed E-state index contributed by atoms with van der Waals surface area (Å²) in [6.07, 6.45) is 12.5. The Bertz CT molecular complexity index is 1340. The number of methoxy groups -OCH3 is 2. The van der Waals surface area contributed by atoms with E-state index in [-0.39, 0.29) is 0 Å². The summed E-state index contributed by atoms with van der Waals surface area (Å²) in [6, 6.07) is 4.04. The van der Waals surface area contributed by atoms with Crippen molar-refractivity contribution < 1.29 is 19.4 Å². The molecule has 4 saturated carbocycles. The molecule has 0 radical (unpaired) electrons. The van der Waals surface area contributed by atoms with E-state index in [1.807, 2.05) is 12.1 Å². The molecule has 2 N–H and O–H groups in total. The lowest BCUT2D eigenvalue weighted by Gasteiger charge is -2.61. The van der Waals surface area contributed by atoms with Crippen molar-refractivity contribution in [2.75, 3.05) is 19.5 Å². The summed E-state index contributed by atoms with van der Waals surface area (Å²) in [5.74, 6) is 5.47. The first-order chi connectivity index (χ1) is 20.1. The molecule has 2 aromatic rings. The fourth-order valence-corrected chi connectivity index (χ4v) is 10.8.